The molecule has 0 bridgehead atoms. The molecule has 0 fully saturated rings. The number of para-hydroxylation sites is 2. The van der Waals surface area contributed by atoms with Gasteiger partial charge in [0.25, 0.3) is 0 Å². The maximum atomic E-state index is 5.75. The van der Waals surface area contributed by atoms with E-state index in [9.17, 15) is 0 Å². The van der Waals surface area contributed by atoms with Gasteiger partial charge in [0.15, 0.2) is 0 Å². The Balaban J connectivity index is 1.98. The molecule has 17 heavy (non-hydrogen) atoms. The van der Waals surface area contributed by atoms with Gasteiger partial charge in [-0.2, -0.15) is 0 Å². The minimum atomic E-state index is -0.250. The molecule has 0 radical (unpaired) electrons. The van der Waals surface area contributed by atoms with Crippen LogP contribution in [0.1, 0.15) is 13.3 Å². The third-order valence-corrected chi connectivity index (χ3v) is 2.35. The zero-order valence-electron chi connectivity index (χ0n) is 9.87. The normalized spacial score (nSPS) is 10.2. The van der Waals surface area contributed by atoms with Gasteiger partial charge in [-0.15, -0.1) is 0 Å². The smallest absolute Gasteiger partial charge is 0.240 e. The standard InChI is InChI=1S/C15H16O2/c1-2-15(16-13-9-5-3-6-10-13)17-14-11-7-4-8-12-14/h3-12,15H,2H2,1H3. The van der Waals surface area contributed by atoms with Crippen LogP contribution in [0.2, 0.25) is 0 Å². The molecule has 0 saturated heterocycles. The Morgan fingerprint density at radius 2 is 1.18 bits per heavy atom. The number of benzene rings is 2. The van der Waals surface area contributed by atoms with E-state index in [-0.39, 0.29) is 6.29 Å². The molecule has 0 aliphatic rings. The van der Waals surface area contributed by atoms with Crippen LogP contribution in [0, 0.1) is 0 Å². The Kier molecular flexibility index (Phi) is 4.03. The molecule has 0 atom stereocenters. The first-order valence-electron chi connectivity index (χ1n) is 5.82. The molecule has 0 saturated carbocycles. The molecule has 0 unspecified atom stereocenters. The van der Waals surface area contributed by atoms with Crippen LogP contribution in [-0.4, -0.2) is 6.29 Å². The first kappa shape index (κ1) is 11.5. The van der Waals surface area contributed by atoms with E-state index in [2.05, 4.69) is 0 Å². The highest BCUT2D eigenvalue weighted by Gasteiger charge is 2.08. The van der Waals surface area contributed by atoms with Crippen LogP contribution in [0.25, 0.3) is 0 Å². The molecular weight excluding hydrogens is 212 g/mol. The van der Waals surface area contributed by atoms with Gasteiger partial charge in [0.1, 0.15) is 11.5 Å². The monoisotopic (exact) mass is 228 g/mol. The molecule has 0 heterocycles. The van der Waals surface area contributed by atoms with Crippen LogP contribution in [0.4, 0.5) is 0 Å². The van der Waals surface area contributed by atoms with Crippen molar-refractivity contribution in [3.8, 4) is 11.5 Å². The molecule has 2 heteroatoms. The van der Waals surface area contributed by atoms with Crippen molar-refractivity contribution in [3.05, 3.63) is 60.7 Å². The summed E-state index contributed by atoms with van der Waals surface area (Å²) in [5.41, 5.74) is 0. The summed E-state index contributed by atoms with van der Waals surface area (Å²) >= 11 is 0. The zero-order chi connectivity index (χ0) is 11.9. The molecule has 2 rings (SSSR count). The highest BCUT2D eigenvalue weighted by molar-refractivity contribution is 5.23. The summed E-state index contributed by atoms with van der Waals surface area (Å²) in [4.78, 5) is 0. The number of ether oxygens (including phenoxy) is 2. The molecule has 2 nitrogen and oxygen atoms in total. The topological polar surface area (TPSA) is 18.5 Å². The van der Waals surface area contributed by atoms with Crippen molar-refractivity contribution in [3.63, 3.8) is 0 Å². The highest BCUT2D eigenvalue weighted by Crippen LogP contribution is 2.16. The van der Waals surface area contributed by atoms with Crippen LogP contribution in [0.5, 0.6) is 11.5 Å². The molecular formula is C15H16O2. The second kappa shape index (κ2) is 5.94. The molecule has 0 aliphatic carbocycles. The lowest BCUT2D eigenvalue weighted by atomic mass is 10.3. The van der Waals surface area contributed by atoms with Crippen molar-refractivity contribution in [1.82, 2.24) is 0 Å². The van der Waals surface area contributed by atoms with Gasteiger partial charge >= 0.3 is 0 Å². The highest BCUT2D eigenvalue weighted by atomic mass is 16.7. The zero-order valence-corrected chi connectivity index (χ0v) is 9.87. The summed E-state index contributed by atoms with van der Waals surface area (Å²) in [6.07, 6.45) is 0.545. The maximum Gasteiger partial charge on any atom is 0.240 e. The first-order valence-corrected chi connectivity index (χ1v) is 5.82. The molecule has 0 amide bonds. The fourth-order valence-corrected chi connectivity index (χ4v) is 1.49. The Bertz CT molecular complexity index is 384. The second-order valence-electron chi connectivity index (χ2n) is 3.70. The lowest BCUT2D eigenvalue weighted by Gasteiger charge is -2.19. The predicted molar refractivity (Wildman–Crippen MR) is 68.2 cm³/mol. The van der Waals surface area contributed by atoms with Crippen molar-refractivity contribution in [2.75, 3.05) is 0 Å². The number of rotatable bonds is 5. The molecule has 0 aliphatic heterocycles. The fraction of sp³-hybridized carbons (Fsp3) is 0.200. The van der Waals surface area contributed by atoms with Crippen molar-refractivity contribution < 1.29 is 9.47 Å². The largest absolute Gasteiger partial charge is 0.455 e. The summed E-state index contributed by atoms with van der Waals surface area (Å²) in [5, 5.41) is 0. The average molecular weight is 228 g/mol. The summed E-state index contributed by atoms with van der Waals surface area (Å²) in [7, 11) is 0. The SMILES string of the molecule is CCC(Oc1ccccc1)Oc1ccccc1. The minimum Gasteiger partial charge on any atom is -0.455 e. The van der Waals surface area contributed by atoms with E-state index in [1.54, 1.807) is 0 Å². The van der Waals surface area contributed by atoms with E-state index in [0.29, 0.717) is 0 Å². The quantitative estimate of drug-likeness (QED) is 0.723. The Morgan fingerprint density at radius 3 is 1.53 bits per heavy atom. The van der Waals surface area contributed by atoms with Gasteiger partial charge in [0.2, 0.25) is 6.29 Å². The van der Waals surface area contributed by atoms with Gasteiger partial charge in [0, 0.05) is 6.42 Å². The van der Waals surface area contributed by atoms with Crippen LogP contribution < -0.4 is 9.47 Å². The van der Waals surface area contributed by atoms with Crippen LogP contribution >= 0.6 is 0 Å². The molecule has 2 aromatic rings. The van der Waals surface area contributed by atoms with Gasteiger partial charge < -0.3 is 9.47 Å². The summed E-state index contributed by atoms with van der Waals surface area (Å²) < 4.78 is 11.5. The molecule has 0 aromatic heterocycles. The third-order valence-electron chi connectivity index (χ3n) is 2.35. The van der Waals surface area contributed by atoms with E-state index >= 15 is 0 Å². The van der Waals surface area contributed by atoms with E-state index in [4.69, 9.17) is 9.47 Å². The van der Waals surface area contributed by atoms with Gasteiger partial charge in [-0.3, -0.25) is 0 Å². The number of hydrogen-bond donors (Lipinski definition) is 0. The minimum absolute atomic E-state index is 0.250. The van der Waals surface area contributed by atoms with Crippen LogP contribution in [0.3, 0.4) is 0 Å². The van der Waals surface area contributed by atoms with E-state index in [1.165, 1.54) is 0 Å². The lowest BCUT2D eigenvalue weighted by Crippen LogP contribution is -2.22. The summed E-state index contributed by atoms with van der Waals surface area (Å²) in [6, 6.07) is 19.4. The summed E-state index contributed by atoms with van der Waals surface area (Å²) in [6.45, 7) is 2.04. The van der Waals surface area contributed by atoms with Crippen molar-refractivity contribution in [2.45, 2.75) is 19.6 Å². The number of hydrogen-bond acceptors (Lipinski definition) is 2. The maximum absolute atomic E-state index is 5.75. The van der Waals surface area contributed by atoms with E-state index in [1.807, 2.05) is 67.6 Å². The van der Waals surface area contributed by atoms with Crippen molar-refractivity contribution >= 4 is 0 Å². The average Bonchev–Trinajstić information content (AvgIpc) is 2.40. The Morgan fingerprint density at radius 1 is 0.765 bits per heavy atom. The first-order chi connectivity index (χ1) is 8.38. The molecule has 0 spiro atoms. The Labute approximate surface area is 102 Å². The molecule has 0 N–H and O–H groups in total. The third kappa shape index (κ3) is 3.52. The van der Waals surface area contributed by atoms with Crippen molar-refractivity contribution in [2.24, 2.45) is 0 Å². The fourth-order valence-electron chi connectivity index (χ4n) is 1.49. The van der Waals surface area contributed by atoms with Gasteiger partial charge in [0.05, 0.1) is 0 Å². The van der Waals surface area contributed by atoms with Crippen LogP contribution in [-0.2, 0) is 0 Å². The van der Waals surface area contributed by atoms with Crippen molar-refractivity contribution in [1.29, 1.82) is 0 Å². The Hall–Kier alpha value is -1.96. The van der Waals surface area contributed by atoms with E-state index in [0.717, 1.165) is 17.9 Å². The lowest BCUT2D eigenvalue weighted by molar-refractivity contribution is 0.00331. The molecule has 88 valence electrons. The summed E-state index contributed by atoms with van der Waals surface area (Å²) in [5.74, 6) is 1.66. The van der Waals surface area contributed by atoms with Gasteiger partial charge in [-0.05, 0) is 24.3 Å². The predicted octanol–water partition coefficient (Wildman–Crippen LogP) is 3.88. The second-order valence-corrected chi connectivity index (χ2v) is 3.70. The van der Waals surface area contributed by atoms with Gasteiger partial charge in [-0.25, -0.2) is 0 Å². The van der Waals surface area contributed by atoms with Crippen LogP contribution in [0.15, 0.2) is 60.7 Å². The molecule has 2 aromatic carbocycles. The van der Waals surface area contributed by atoms with E-state index < -0.39 is 0 Å². The van der Waals surface area contributed by atoms with Gasteiger partial charge in [-0.1, -0.05) is 43.3 Å².